The number of nitrogens with one attached hydrogen (secondary N) is 1. The van der Waals surface area contributed by atoms with Gasteiger partial charge in [-0.2, -0.15) is 0 Å². The second-order valence-corrected chi connectivity index (χ2v) is 6.49. The van der Waals surface area contributed by atoms with Crippen LogP contribution in [0.5, 0.6) is 0 Å². The monoisotopic (exact) mass is 331 g/mol. The zero-order valence-electron chi connectivity index (χ0n) is 13.5. The summed E-state index contributed by atoms with van der Waals surface area (Å²) in [6.07, 6.45) is 1.01. The molecule has 0 spiro atoms. The molecule has 0 saturated carbocycles. The van der Waals surface area contributed by atoms with E-state index >= 15 is 0 Å². The highest BCUT2D eigenvalue weighted by atomic mass is 32.2. The summed E-state index contributed by atoms with van der Waals surface area (Å²) in [6.45, 7) is 4.10. The van der Waals surface area contributed by atoms with Gasteiger partial charge in [-0.1, -0.05) is 43.3 Å². The minimum absolute atomic E-state index is 0.00142. The van der Waals surface area contributed by atoms with Gasteiger partial charge in [0.15, 0.2) is 0 Å². The highest BCUT2D eigenvalue weighted by Gasteiger charge is 2.09. The SMILES string of the molecule is CCc1ccc([C@@H](C)NC(=O)CSCc2cccc(F)c2)cc1. The molecule has 0 aliphatic rings. The molecule has 2 aromatic rings. The van der Waals surface area contributed by atoms with Gasteiger partial charge in [0.2, 0.25) is 5.91 Å². The lowest BCUT2D eigenvalue weighted by atomic mass is 10.1. The van der Waals surface area contributed by atoms with Crippen LogP contribution in [0.2, 0.25) is 0 Å². The van der Waals surface area contributed by atoms with Crippen molar-refractivity contribution in [3.8, 4) is 0 Å². The summed E-state index contributed by atoms with van der Waals surface area (Å²) in [6, 6.07) is 14.8. The van der Waals surface area contributed by atoms with Crippen molar-refractivity contribution in [2.75, 3.05) is 5.75 Å². The Labute approximate surface area is 141 Å². The van der Waals surface area contributed by atoms with Crippen molar-refractivity contribution in [3.63, 3.8) is 0 Å². The largest absolute Gasteiger partial charge is 0.349 e. The standard InChI is InChI=1S/C19H22FNOS/c1-3-15-7-9-17(10-8-15)14(2)21-19(22)13-23-12-16-5-4-6-18(20)11-16/h4-11,14H,3,12-13H2,1-2H3,(H,21,22)/t14-/m1/s1. The predicted molar refractivity (Wildman–Crippen MR) is 94.9 cm³/mol. The third-order valence-electron chi connectivity index (χ3n) is 3.66. The van der Waals surface area contributed by atoms with Crippen molar-refractivity contribution < 1.29 is 9.18 Å². The molecule has 1 N–H and O–H groups in total. The van der Waals surface area contributed by atoms with Gasteiger partial charge in [0.25, 0.3) is 0 Å². The van der Waals surface area contributed by atoms with E-state index in [0.717, 1.165) is 17.5 Å². The maximum atomic E-state index is 13.1. The maximum absolute atomic E-state index is 13.1. The van der Waals surface area contributed by atoms with E-state index in [9.17, 15) is 9.18 Å². The van der Waals surface area contributed by atoms with Gasteiger partial charge in [0.1, 0.15) is 5.82 Å². The first-order valence-corrected chi connectivity index (χ1v) is 8.94. The zero-order valence-corrected chi connectivity index (χ0v) is 14.3. The van der Waals surface area contributed by atoms with Crippen LogP contribution in [0.25, 0.3) is 0 Å². The van der Waals surface area contributed by atoms with E-state index in [0.29, 0.717) is 11.5 Å². The fourth-order valence-corrected chi connectivity index (χ4v) is 3.08. The van der Waals surface area contributed by atoms with Crippen molar-refractivity contribution in [1.82, 2.24) is 5.32 Å². The number of amides is 1. The van der Waals surface area contributed by atoms with Gasteiger partial charge in [-0.3, -0.25) is 4.79 Å². The minimum Gasteiger partial charge on any atom is -0.349 e. The Morgan fingerprint density at radius 2 is 1.91 bits per heavy atom. The number of carbonyl (C=O) groups is 1. The molecule has 0 bridgehead atoms. The van der Waals surface area contributed by atoms with Crippen molar-refractivity contribution >= 4 is 17.7 Å². The second kappa shape index (κ2) is 8.73. The Kier molecular flexibility index (Phi) is 6.66. The molecule has 2 aromatic carbocycles. The molecule has 0 radical (unpaired) electrons. The molecule has 122 valence electrons. The first-order valence-electron chi connectivity index (χ1n) is 7.79. The number of aryl methyl sites for hydroxylation is 1. The molecule has 0 saturated heterocycles. The second-order valence-electron chi connectivity index (χ2n) is 5.51. The van der Waals surface area contributed by atoms with Crippen LogP contribution < -0.4 is 5.32 Å². The number of rotatable bonds is 7. The summed E-state index contributed by atoms with van der Waals surface area (Å²) in [7, 11) is 0. The smallest absolute Gasteiger partial charge is 0.230 e. The Morgan fingerprint density at radius 3 is 2.57 bits per heavy atom. The average Bonchev–Trinajstić information content (AvgIpc) is 2.55. The Bertz CT molecular complexity index is 642. The van der Waals surface area contributed by atoms with Gasteiger partial charge in [0.05, 0.1) is 11.8 Å². The number of thioether (sulfide) groups is 1. The molecule has 0 aromatic heterocycles. The molecule has 0 aliphatic carbocycles. The van der Waals surface area contributed by atoms with Crippen LogP contribution in [0.1, 0.15) is 36.6 Å². The van der Waals surface area contributed by atoms with Crippen LogP contribution in [0, 0.1) is 5.82 Å². The first-order chi connectivity index (χ1) is 11.1. The van der Waals surface area contributed by atoms with Crippen LogP contribution in [0.4, 0.5) is 4.39 Å². The fraction of sp³-hybridized carbons (Fsp3) is 0.316. The van der Waals surface area contributed by atoms with Crippen LogP contribution in [-0.4, -0.2) is 11.7 Å². The molecular formula is C19H22FNOS. The lowest BCUT2D eigenvalue weighted by Gasteiger charge is -2.14. The Balaban J connectivity index is 1.77. The molecule has 0 unspecified atom stereocenters. The summed E-state index contributed by atoms with van der Waals surface area (Å²) in [4.78, 5) is 12.0. The number of carbonyl (C=O) groups excluding carboxylic acids is 1. The molecule has 23 heavy (non-hydrogen) atoms. The molecule has 0 aliphatic heterocycles. The normalized spacial score (nSPS) is 12.0. The zero-order chi connectivity index (χ0) is 16.7. The Hall–Kier alpha value is -1.81. The number of benzene rings is 2. The first kappa shape index (κ1) is 17.5. The molecule has 0 fully saturated rings. The molecule has 2 nitrogen and oxygen atoms in total. The highest BCUT2D eigenvalue weighted by molar-refractivity contribution is 7.99. The van der Waals surface area contributed by atoms with E-state index in [-0.39, 0.29) is 17.8 Å². The molecule has 1 atom stereocenters. The lowest BCUT2D eigenvalue weighted by Crippen LogP contribution is -2.28. The maximum Gasteiger partial charge on any atom is 0.230 e. The fourth-order valence-electron chi connectivity index (χ4n) is 2.30. The van der Waals surface area contributed by atoms with Crippen LogP contribution in [-0.2, 0) is 17.0 Å². The molecule has 4 heteroatoms. The van der Waals surface area contributed by atoms with E-state index < -0.39 is 0 Å². The van der Waals surface area contributed by atoms with Crippen LogP contribution in [0.15, 0.2) is 48.5 Å². The molecular weight excluding hydrogens is 309 g/mol. The minimum atomic E-state index is -0.239. The molecule has 2 rings (SSSR count). The summed E-state index contributed by atoms with van der Waals surface area (Å²) >= 11 is 1.49. The number of hydrogen-bond donors (Lipinski definition) is 1. The predicted octanol–water partition coefficient (Wildman–Crippen LogP) is 4.50. The van der Waals surface area contributed by atoms with Gasteiger partial charge in [-0.05, 0) is 42.2 Å². The van der Waals surface area contributed by atoms with Crippen molar-refractivity contribution in [2.24, 2.45) is 0 Å². The summed E-state index contributed by atoms with van der Waals surface area (Å²) < 4.78 is 13.1. The molecule has 1 amide bonds. The van der Waals surface area contributed by atoms with Crippen LogP contribution in [0.3, 0.4) is 0 Å². The van der Waals surface area contributed by atoms with Gasteiger partial charge >= 0.3 is 0 Å². The topological polar surface area (TPSA) is 29.1 Å². The number of halogens is 1. The van der Waals surface area contributed by atoms with E-state index in [2.05, 4.69) is 36.5 Å². The summed E-state index contributed by atoms with van der Waals surface area (Å²) in [5.74, 6) is 0.758. The van der Waals surface area contributed by atoms with E-state index in [1.165, 1.54) is 29.5 Å². The van der Waals surface area contributed by atoms with Crippen molar-refractivity contribution in [2.45, 2.75) is 32.1 Å². The van der Waals surface area contributed by atoms with Crippen molar-refractivity contribution in [1.29, 1.82) is 0 Å². The van der Waals surface area contributed by atoms with Gasteiger partial charge < -0.3 is 5.32 Å². The van der Waals surface area contributed by atoms with E-state index in [4.69, 9.17) is 0 Å². The quantitative estimate of drug-likeness (QED) is 0.809. The number of hydrogen-bond acceptors (Lipinski definition) is 2. The average molecular weight is 331 g/mol. The van der Waals surface area contributed by atoms with Crippen molar-refractivity contribution in [3.05, 3.63) is 71.0 Å². The molecule has 0 heterocycles. The van der Waals surface area contributed by atoms with Gasteiger partial charge in [-0.25, -0.2) is 4.39 Å². The highest BCUT2D eigenvalue weighted by Crippen LogP contribution is 2.16. The Morgan fingerprint density at radius 1 is 1.17 bits per heavy atom. The lowest BCUT2D eigenvalue weighted by molar-refractivity contribution is -0.119. The third kappa shape index (κ3) is 5.71. The summed E-state index contributed by atoms with van der Waals surface area (Å²) in [5.41, 5.74) is 3.29. The third-order valence-corrected chi connectivity index (χ3v) is 4.66. The summed E-state index contributed by atoms with van der Waals surface area (Å²) in [5, 5.41) is 3.00. The van der Waals surface area contributed by atoms with Gasteiger partial charge in [0, 0.05) is 5.75 Å². The van der Waals surface area contributed by atoms with E-state index in [1.807, 2.05) is 13.0 Å². The van der Waals surface area contributed by atoms with Crippen LogP contribution >= 0.6 is 11.8 Å². The van der Waals surface area contributed by atoms with E-state index in [1.54, 1.807) is 6.07 Å². The van der Waals surface area contributed by atoms with Gasteiger partial charge in [-0.15, -0.1) is 11.8 Å².